The fourth-order valence-electron chi connectivity index (χ4n) is 2.87. The zero-order valence-corrected chi connectivity index (χ0v) is 11.0. The van der Waals surface area contributed by atoms with E-state index in [1.807, 2.05) is 11.8 Å². The van der Waals surface area contributed by atoms with Gasteiger partial charge in [-0.2, -0.15) is 0 Å². The number of nitrogens with zero attached hydrogens (tertiary/aromatic N) is 1. The number of ether oxygens (including phenoxy) is 1. The third-order valence-corrected chi connectivity index (χ3v) is 4.18. The molecule has 0 aliphatic carbocycles. The predicted molar refractivity (Wildman–Crippen MR) is 67.9 cm³/mol. The maximum Gasteiger partial charge on any atom is 0.251 e. The van der Waals surface area contributed by atoms with Crippen LogP contribution >= 0.6 is 0 Å². The van der Waals surface area contributed by atoms with Crippen LogP contribution in [0.4, 0.5) is 0 Å². The van der Waals surface area contributed by atoms with Crippen LogP contribution in [0.1, 0.15) is 32.6 Å². The van der Waals surface area contributed by atoms with Crippen molar-refractivity contribution in [2.45, 2.75) is 50.9 Å². The quantitative estimate of drug-likeness (QED) is 0.751. The summed E-state index contributed by atoms with van der Waals surface area (Å²) in [5, 5.41) is 9.54. The lowest BCUT2D eigenvalue weighted by atomic mass is 9.92. The molecule has 2 aliphatic rings. The van der Waals surface area contributed by atoms with Gasteiger partial charge >= 0.3 is 0 Å². The number of aliphatic hydroxyl groups excluding tert-OH is 1. The van der Waals surface area contributed by atoms with Crippen LogP contribution in [0.3, 0.4) is 0 Å². The lowest BCUT2D eigenvalue weighted by Crippen LogP contribution is -2.45. The standard InChI is InChI=1S/C13H24N2O3/c1-9(16)10-4-6-15(7-5-10)13(17)12-3-2-11(8-14)18-12/h9-12,16H,2-8,14H2,1H3. The summed E-state index contributed by atoms with van der Waals surface area (Å²) in [4.78, 5) is 14.1. The maximum atomic E-state index is 12.2. The molecule has 2 saturated heterocycles. The highest BCUT2D eigenvalue weighted by atomic mass is 16.5. The number of hydrogen-bond acceptors (Lipinski definition) is 4. The molecule has 3 atom stereocenters. The summed E-state index contributed by atoms with van der Waals surface area (Å²) < 4.78 is 5.63. The smallest absolute Gasteiger partial charge is 0.251 e. The third kappa shape index (κ3) is 3.02. The molecule has 3 unspecified atom stereocenters. The van der Waals surface area contributed by atoms with E-state index in [9.17, 15) is 9.90 Å². The molecule has 104 valence electrons. The number of carbonyl (C=O) groups is 1. The van der Waals surface area contributed by atoms with E-state index in [4.69, 9.17) is 10.5 Å². The van der Waals surface area contributed by atoms with Gasteiger partial charge in [0.25, 0.3) is 5.91 Å². The molecule has 2 rings (SSSR count). The van der Waals surface area contributed by atoms with Crippen molar-refractivity contribution in [3.63, 3.8) is 0 Å². The van der Waals surface area contributed by atoms with E-state index in [2.05, 4.69) is 0 Å². The van der Waals surface area contributed by atoms with Crippen molar-refractivity contribution >= 4 is 5.91 Å². The molecule has 0 bridgehead atoms. The molecule has 1 amide bonds. The average molecular weight is 256 g/mol. The summed E-state index contributed by atoms with van der Waals surface area (Å²) >= 11 is 0. The van der Waals surface area contributed by atoms with Crippen LogP contribution in [0.5, 0.6) is 0 Å². The highest BCUT2D eigenvalue weighted by Gasteiger charge is 2.34. The van der Waals surface area contributed by atoms with Gasteiger partial charge in [-0.05, 0) is 38.5 Å². The molecule has 2 heterocycles. The number of piperidine rings is 1. The van der Waals surface area contributed by atoms with E-state index in [1.165, 1.54) is 0 Å². The Balaban J connectivity index is 1.81. The van der Waals surface area contributed by atoms with Gasteiger partial charge in [-0.15, -0.1) is 0 Å². The van der Waals surface area contributed by atoms with Crippen molar-refractivity contribution in [3.05, 3.63) is 0 Å². The normalized spacial score (nSPS) is 31.6. The molecule has 5 heteroatoms. The van der Waals surface area contributed by atoms with Crippen molar-refractivity contribution in [2.75, 3.05) is 19.6 Å². The van der Waals surface area contributed by atoms with Crippen molar-refractivity contribution in [2.24, 2.45) is 11.7 Å². The highest BCUT2D eigenvalue weighted by Crippen LogP contribution is 2.25. The minimum Gasteiger partial charge on any atom is -0.393 e. The number of amides is 1. The van der Waals surface area contributed by atoms with Gasteiger partial charge in [0.15, 0.2) is 0 Å². The van der Waals surface area contributed by atoms with E-state index in [-0.39, 0.29) is 24.2 Å². The number of carbonyl (C=O) groups excluding carboxylic acids is 1. The zero-order valence-electron chi connectivity index (χ0n) is 11.0. The topological polar surface area (TPSA) is 75.8 Å². The van der Waals surface area contributed by atoms with Crippen LogP contribution in [0.15, 0.2) is 0 Å². The Labute approximate surface area is 108 Å². The van der Waals surface area contributed by atoms with E-state index in [0.29, 0.717) is 12.5 Å². The lowest BCUT2D eigenvalue weighted by Gasteiger charge is -2.34. The van der Waals surface area contributed by atoms with Crippen LogP contribution in [0.2, 0.25) is 0 Å². The predicted octanol–water partition coefficient (Wildman–Crippen LogP) is 0.112. The molecule has 5 nitrogen and oxygen atoms in total. The van der Waals surface area contributed by atoms with E-state index in [0.717, 1.165) is 38.8 Å². The first-order valence-electron chi connectivity index (χ1n) is 6.94. The summed E-state index contributed by atoms with van der Waals surface area (Å²) in [6.07, 6.45) is 2.93. The number of likely N-dealkylation sites (tertiary alicyclic amines) is 1. The van der Waals surface area contributed by atoms with Crippen LogP contribution in [0.25, 0.3) is 0 Å². The van der Waals surface area contributed by atoms with Gasteiger partial charge < -0.3 is 20.5 Å². The SMILES string of the molecule is CC(O)C1CCN(C(=O)C2CCC(CN)O2)CC1. The molecular weight excluding hydrogens is 232 g/mol. The van der Waals surface area contributed by atoms with Crippen LogP contribution in [-0.4, -0.2) is 53.9 Å². The largest absolute Gasteiger partial charge is 0.393 e. The Kier molecular flexibility index (Phi) is 4.59. The second-order valence-corrected chi connectivity index (χ2v) is 5.46. The Morgan fingerprint density at radius 1 is 1.39 bits per heavy atom. The minimum absolute atomic E-state index is 0.0500. The summed E-state index contributed by atoms with van der Waals surface area (Å²) in [5.41, 5.74) is 5.55. The zero-order chi connectivity index (χ0) is 13.1. The van der Waals surface area contributed by atoms with Gasteiger partial charge in [-0.1, -0.05) is 0 Å². The van der Waals surface area contributed by atoms with Gasteiger partial charge in [0.05, 0.1) is 12.2 Å². The Morgan fingerprint density at radius 3 is 2.56 bits per heavy atom. The summed E-state index contributed by atoms with van der Waals surface area (Å²) in [5.74, 6) is 0.435. The lowest BCUT2D eigenvalue weighted by molar-refractivity contribution is -0.144. The fraction of sp³-hybridized carbons (Fsp3) is 0.923. The van der Waals surface area contributed by atoms with E-state index >= 15 is 0 Å². The van der Waals surface area contributed by atoms with Gasteiger partial charge in [-0.3, -0.25) is 4.79 Å². The first-order chi connectivity index (χ1) is 8.61. The van der Waals surface area contributed by atoms with Crippen molar-refractivity contribution in [1.29, 1.82) is 0 Å². The number of hydrogen-bond donors (Lipinski definition) is 2. The number of rotatable bonds is 3. The molecule has 0 spiro atoms. The average Bonchev–Trinajstić information content (AvgIpc) is 2.86. The van der Waals surface area contributed by atoms with Crippen molar-refractivity contribution in [3.8, 4) is 0 Å². The van der Waals surface area contributed by atoms with Crippen LogP contribution in [-0.2, 0) is 9.53 Å². The second-order valence-electron chi connectivity index (χ2n) is 5.46. The fourth-order valence-corrected chi connectivity index (χ4v) is 2.87. The molecule has 18 heavy (non-hydrogen) atoms. The molecule has 3 N–H and O–H groups in total. The molecule has 0 aromatic rings. The monoisotopic (exact) mass is 256 g/mol. The molecule has 0 aromatic carbocycles. The molecule has 0 aromatic heterocycles. The summed E-state index contributed by atoms with van der Waals surface area (Å²) in [6, 6.07) is 0. The van der Waals surface area contributed by atoms with E-state index in [1.54, 1.807) is 0 Å². The molecule has 2 fully saturated rings. The van der Waals surface area contributed by atoms with Crippen LogP contribution < -0.4 is 5.73 Å². The Bertz CT molecular complexity index is 288. The Morgan fingerprint density at radius 2 is 2.06 bits per heavy atom. The van der Waals surface area contributed by atoms with Gasteiger partial charge in [-0.25, -0.2) is 0 Å². The molecule has 0 saturated carbocycles. The van der Waals surface area contributed by atoms with Crippen molar-refractivity contribution in [1.82, 2.24) is 4.90 Å². The van der Waals surface area contributed by atoms with Gasteiger partial charge in [0, 0.05) is 19.6 Å². The third-order valence-electron chi connectivity index (χ3n) is 4.18. The maximum absolute atomic E-state index is 12.2. The summed E-state index contributed by atoms with van der Waals surface area (Å²) in [6.45, 7) is 3.80. The van der Waals surface area contributed by atoms with Crippen LogP contribution in [0, 0.1) is 5.92 Å². The molecule has 2 aliphatic heterocycles. The number of aliphatic hydroxyl groups is 1. The first-order valence-corrected chi connectivity index (χ1v) is 6.94. The molecular formula is C13H24N2O3. The summed E-state index contributed by atoms with van der Waals surface area (Å²) in [7, 11) is 0. The van der Waals surface area contributed by atoms with Crippen molar-refractivity contribution < 1.29 is 14.6 Å². The van der Waals surface area contributed by atoms with Gasteiger partial charge in [0.2, 0.25) is 0 Å². The Hall–Kier alpha value is -0.650. The molecule has 0 radical (unpaired) electrons. The minimum atomic E-state index is -0.290. The second kappa shape index (κ2) is 5.99. The number of nitrogens with two attached hydrogens (primary N) is 1. The highest BCUT2D eigenvalue weighted by molar-refractivity contribution is 5.81. The van der Waals surface area contributed by atoms with Gasteiger partial charge in [0.1, 0.15) is 6.10 Å². The first kappa shape index (κ1) is 13.8. The van der Waals surface area contributed by atoms with E-state index < -0.39 is 0 Å².